The molecule has 0 atom stereocenters. The highest BCUT2D eigenvalue weighted by atomic mass is 35.5. The average molecular weight is 314 g/mol. The number of aromatic nitrogens is 1. The number of halogens is 1. The topological polar surface area (TPSA) is 108 Å². The number of thiophene rings is 1. The van der Waals surface area contributed by atoms with E-state index < -0.39 is 22.0 Å². The van der Waals surface area contributed by atoms with Gasteiger partial charge in [-0.15, -0.1) is 11.3 Å². The number of rotatable bonds is 4. The van der Waals surface area contributed by atoms with E-state index >= 15 is 0 Å². The van der Waals surface area contributed by atoms with Crippen molar-refractivity contribution < 1.29 is 9.72 Å². The summed E-state index contributed by atoms with van der Waals surface area (Å²) in [5, 5.41) is 10.8. The first-order valence-electron chi connectivity index (χ1n) is 5.31. The lowest BCUT2D eigenvalue weighted by Crippen LogP contribution is -2.29. The van der Waals surface area contributed by atoms with Crippen LogP contribution >= 0.6 is 22.9 Å². The van der Waals surface area contributed by atoms with Gasteiger partial charge in [0, 0.05) is 10.9 Å². The summed E-state index contributed by atoms with van der Waals surface area (Å²) in [6, 6.07) is 4.23. The molecule has 2 heterocycles. The Morgan fingerprint density at radius 1 is 1.50 bits per heavy atom. The zero-order valence-corrected chi connectivity index (χ0v) is 11.5. The molecule has 0 aliphatic rings. The number of nitrogens with two attached hydrogens (primary N) is 1. The number of hydrogen-bond donors (Lipinski definition) is 1. The molecule has 0 unspecified atom stereocenters. The number of hydrogen-bond acceptors (Lipinski definition) is 5. The van der Waals surface area contributed by atoms with Crippen molar-refractivity contribution in [1.82, 2.24) is 4.57 Å². The van der Waals surface area contributed by atoms with Gasteiger partial charge in [-0.25, -0.2) is 0 Å². The van der Waals surface area contributed by atoms with Crippen LogP contribution in [0.4, 0.5) is 5.69 Å². The van der Waals surface area contributed by atoms with Crippen LogP contribution in [-0.2, 0) is 6.54 Å². The van der Waals surface area contributed by atoms with E-state index in [1.54, 1.807) is 12.1 Å². The first kappa shape index (κ1) is 14.2. The second kappa shape index (κ2) is 5.43. The molecule has 0 saturated heterocycles. The molecular weight excluding hydrogens is 306 g/mol. The van der Waals surface area contributed by atoms with Crippen LogP contribution in [0.3, 0.4) is 0 Å². The van der Waals surface area contributed by atoms with Crippen LogP contribution in [0.1, 0.15) is 15.2 Å². The Balaban J connectivity index is 2.53. The van der Waals surface area contributed by atoms with Crippen LogP contribution in [-0.4, -0.2) is 15.4 Å². The molecule has 20 heavy (non-hydrogen) atoms. The predicted molar refractivity (Wildman–Crippen MR) is 74.3 cm³/mol. The van der Waals surface area contributed by atoms with Gasteiger partial charge >= 0.3 is 0 Å². The minimum atomic E-state index is -1.00. The number of pyridine rings is 1. The fourth-order valence-electron chi connectivity index (χ4n) is 1.62. The number of carbonyl (C=O) groups is 1. The number of amides is 1. The van der Waals surface area contributed by atoms with Crippen molar-refractivity contribution in [2.45, 2.75) is 6.54 Å². The van der Waals surface area contributed by atoms with Gasteiger partial charge in [0.2, 0.25) is 0 Å². The standard InChI is InChI=1S/C11H8ClN3O4S/c12-9-2-1-7(20-9)5-14-4-6(15(18)19)3-8(10(13)16)11(14)17/h1-4H,5H2,(H2,13,16). The first-order valence-corrected chi connectivity index (χ1v) is 6.51. The van der Waals surface area contributed by atoms with Gasteiger partial charge in [0.05, 0.1) is 22.0 Å². The summed E-state index contributed by atoms with van der Waals surface area (Å²) in [5.74, 6) is -1.00. The van der Waals surface area contributed by atoms with E-state index in [9.17, 15) is 19.7 Å². The zero-order chi connectivity index (χ0) is 14.9. The van der Waals surface area contributed by atoms with E-state index in [1.165, 1.54) is 11.3 Å². The van der Waals surface area contributed by atoms with Crippen molar-refractivity contribution in [3.8, 4) is 0 Å². The average Bonchev–Trinajstić information content (AvgIpc) is 2.76. The van der Waals surface area contributed by atoms with Gasteiger partial charge in [-0.1, -0.05) is 11.6 Å². The lowest BCUT2D eigenvalue weighted by Gasteiger charge is -2.05. The second-order valence-corrected chi connectivity index (χ2v) is 5.67. The monoisotopic (exact) mass is 313 g/mol. The second-order valence-electron chi connectivity index (χ2n) is 3.87. The molecule has 104 valence electrons. The van der Waals surface area contributed by atoms with E-state index in [1.807, 2.05) is 0 Å². The minimum Gasteiger partial charge on any atom is -0.365 e. The molecule has 2 aromatic rings. The largest absolute Gasteiger partial charge is 0.365 e. The highest BCUT2D eigenvalue weighted by Crippen LogP contribution is 2.22. The minimum absolute atomic E-state index is 0.0815. The Hall–Kier alpha value is -2.19. The molecule has 0 bridgehead atoms. The van der Waals surface area contributed by atoms with Gasteiger partial charge in [0.15, 0.2) is 0 Å². The Labute approximate surface area is 121 Å². The molecule has 0 spiro atoms. The highest BCUT2D eigenvalue weighted by molar-refractivity contribution is 7.16. The van der Waals surface area contributed by atoms with Crippen molar-refractivity contribution in [1.29, 1.82) is 0 Å². The lowest BCUT2D eigenvalue weighted by atomic mass is 10.2. The predicted octanol–water partition coefficient (Wildman–Crippen LogP) is 1.62. The van der Waals surface area contributed by atoms with Gasteiger partial charge in [-0.3, -0.25) is 19.7 Å². The Bertz CT molecular complexity index is 752. The van der Waals surface area contributed by atoms with Gasteiger partial charge < -0.3 is 10.3 Å². The third-order valence-electron chi connectivity index (χ3n) is 2.50. The van der Waals surface area contributed by atoms with Crippen molar-refractivity contribution in [2.24, 2.45) is 5.73 Å². The van der Waals surface area contributed by atoms with E-state index in [0.717, 1.165) is 21.7 Å². The van der Waals surface area contributed by atoms with Crippen molar-refractivity contribution in [3.63, 3.8) is 0 Å². The molecule has 7 nitrogen and oxygen atoms in total. The van der Waals surface area contributed by atoms with Crippen molar-refractivity contribution in [2.75, 3.05) is 0 Å². The summed E-state index contributed by atoms with van der Waals surface area (Å²) < 4.78 is 1.61. The van der Waals surface area contributed by atoms with Gasteiger partial charge in [-0.2, -0.15) is 0 Å². The SMILES string of the molecule is NC(=O)c1cc([N+](=O)[O-])cn(Cc2ccc(Cl)s2)c1=O. The lowest BCUT2D eigenvalue weighted by molar-refractivity contribution is -0.385. The fraction of sp³-hybridized carbons (Fsp3) is 0.0909. The Morgan fingerprint density at radius 3 is 2.70 bits per heavy atom. The molecule has 0 aromatic carbocycles. The Kier molecular flexibility index (Phi) is 3.86. The number of primary amides is 1. The molecule has 9 heteroatoms. The number of nitro groups is 1. The maximum Gasteiger partial charge on any atom is 0.286 e. The maximum absolute atomic E-state index is 12.0. The fourth-order valence-corrected chi connectivity index (χ4v) is 2.70. The molecule has 2 N–H and O–H groups in total. The molecule has 0 saturated carbocycles. The van der Waals surface area contributed by atoms with E-state index in [-0.39, 0.29) is 12.2 Å². The summed E-state index contributed by atoms with van der Waals surface area (Å²) in [4.78, 5) is 34.0. The smallest absolute Gasteiger partial charge is 0.286 e. The van der Waals surface area contributed by atoms with Crippen molar-refractivity contribution in [3.05, 3.63) is 59.6 Å². The molecule has 0 fully saturated rings. The summed E-state index contributed by atoms with van der Waals surface area (Å²) in [5.41, 5.74) is 3.59. The molecule has 2 rings (SSSR count). The molecule has 0 aliphatic heterocycles. The number of nitrogens with zero attached hydrogens (tertiary/aromatic N) is 2. The summed E-state index contributed by atoms with van der Waals surface area (Å²) in [7, 11) is 0. The molecule has 0 radical (unpaired) electrons. The van der Waals surface area contributed by atoms with Crippen LogP contribution in [0.2, 0.25) is 4.34 Å². The van der Waals surface area contributed by atoms with E-state index in [0.29, 0.717) is 4.34 Å². The third kappa shape index (κ3) is 2.86. The van der Waals surface area contributed by atoms with E-state index in [2.05, 4.69) is 0 Å². The quantitative estimate of drug-likeness (QED) is 0.683. The highest BCUT2D eigenvalue weighted by Gasteiger charge is 2.17. The summed E-state index contributed by atoms with van der Waals surface area (Å²) >= 11 is 7.02. The summed E-state index contributed by atoms with van der Waals surface area (Å²) in [6.07, 6.45) is 1.07. The molecule has 1 amide bonds. The van der Waals surface area contributed by atoms with Crippen LogP contribution in [0, 0.1) is 10.1 Å². The van der Waals surface area contributed by atoms with Crippen LogP contribution in [0.25, 0.3) is 0 Å². The molecule has 2 aromatic heterocycles. The van der Waals surface area contributed by atoms with E-state index in [4.69, 9.17) is 17.3 Å². The maximum atomic E-state index is 12.0. The number of carbonyl (C=O) groups excluding carboxylic acids is 1. The third-order valence-corrected chi connectivity index (χ3v) is 3.72. The van der Waals surface area contributed by atoms with Crippen LogP contribution in [0.15, 0.2) is 29.2 Å². The van der Waals surface area contributed by atoms with Crippen molar-refractivity contribution >= 4 is 34.5 Å². The van der Waals surface area contributed by atoms with Gasteiger partial charge in [0.1, 0.15) is 5.56 Å². The van der Waals surface area contributed by atoms with Crippen LogP contribution < -0.4 is 11.3 Å². The molecular formula is C11H8ClN3O4S. The van der Waals surface area contributed by atoms with Gasteiger partial charge in [-0.05, 0) is 12.1 Å². The van der Waals surface area contributed by atoms with Gasteiger partial charge in [0.25, 0.3) is 17.2 Å². The zero-order valence-electron chi connectivity index (χ0n) is 9.91. The van der Waals surface area contributed by atoms with Crippen LogP contribution in [0.5, 0.6) is 0 Å². The normalized spacial score (nSPS) is 10.4. The first-order chi connectivity index (χ1) is 9.38. The Morgan fingerprint density at radius 2 is 2.20 bits per heavy atom. The molecule has 0 aliphatic carbocycles. The summed E-state index contributed by atoms with van der Waals surface area (Å²) in [6.45, 7) is 0.0815.